The number of benzene rings is 1. The van der Waals surface area contributed by atoms with Crippen molar-refractivity contribution in [1.29, 1.82) is 0 Å². The van der Waals surface area contributed by atoms with Crippen molar-refractivity contribution in [3.63, 3.8) is 0 Å². The first-order chi connectivity index (χ1) is 10.1. The van der Waals surface area contributed by atoms with Crippen LogP contribution in [0.3, 0.4) is 0 Å². The summed E-state index contributed by atoms with van der Waals surface area (Å²) in [6.45, 7) is 4.12. The van der Waals surface area contributed by atoms with Crippen molar-refractivity contribution < 1.29 is 15.7 Å². The highest BCUT2D eigenvalue weighted by molar-refractivity contribution is 8.08. The summed E-state index contributed by atoms with van der Waals surface area (Å²) in [5, 5.41) is 5.91. The van der Waals surface area contributed by atoms with Gasteiger partial charge in [0, 0.05) is 25.3 Å². The summed E-state index contributed by atoms with van der Waals surface area (Å²) in [6.07, 6.45) is 1.41. The van der Waals surface area contributed by atoms with Gasteiger partial charge in [0.1, 0.15) is 0 Å². The van der Waals surface area contributed by atoms with E-state index in [-0.39, 0.29) is 7.53 Å². The van der Waals surface area contributed by atoms with Crippen LogP contribution in [0.25, 0.3) is 4.91 Å². The maximum Gasteiger partial charge on any atom is 0.411 e. The van der Waals surface area contributed by atoms with Crippen LogP contribution in [0.1, 0.15) is 26.4 Å². The molecule has 0 unspecified atom stereocenters. The minimum absolute atomic E-state index is 0. The van der Waals surface area contributed by atoms with Crippen LogP contribution >= 0.6 is 11.8 Å². The van der Waals surface area contributed by atoms with Gasteiger partial charge < -0.3 is 14.8 Å². The number of anilines is 1. The number of carbonyl (C=O) groups excluding carboxylic acids is 1. The monoisotopic (exact) mass is 310 g/mol. The van der Waals surface area contributed by atoms with Crippen molar-refractivity contribution in [2.75, 3.05) is 18.3 Å². The van der Waals surface area contributed by atoms with E-state index in [4.69, 9.17) is 9.47 Å². The highest BCUT2D eigenvalue weighted by atomic mass is 32.2. The summed E-state index contributed by atoms with van der Waals surface area (Å²) in [4.78, 5) is 12.8. The van der Waals surface area contributed by atoms with Crippen LogP contribution in [-0.2, 0) is 16.1 Å². The number of hydrogen-bond donors (Lipinski definition) is 2. The lowest BCUT2D eigenvalue weighted by Gasteiger charge is -2.13. The molecule has 2 N–H and O–H groups in total. The van der Waals surface area contributed by atoms with Crippen LogP contribution in [0.4, 0.5) is 10.5 Å². The van der Waals surface area contributed by atoms with Gasteiger partial charge in [0.2, 0.25) is 0 Å². The predicted octanol–water partition coefficient (Wildman–Crippen LogP) is 3.63. The van der Waals surface area contributed by atoms with Crippen LogP contribution in [0.5, 0.6) is 0 Å². The van der Waals surface area contributed by atoms with E-state index in [0.717, 1.165) is 17.0 Å². The molecule has 6 heteroatoms. The number of ether oxygens (including phenoxy) is 2. The first kappa shape index (κ1) is 15.7. The summed E-state index contributed by atoms with van der Waals surface area (Å²) < 4.78 is 10.3. The van der Waals surface area contributed by atoms with E-state index >= 15 is 0 Å². The van der Waals surface area contributed by atoms with Crippen molar-refractivity contribution >= 4 is 28.4 Å². The molecule has 0 saturated carbocycles. The summed E-state index contributed by atoms with van der Waals surface area (Å²) >= 11 is 1.75. The molecule has 1 aliphatic rings. The summed E-state index contributed by atoms with van der Waals surface area (Å²) in [7, 11) is 1.66. The summed E-state index contributed by atoms with van der Waals surface area (Å²) in [5.74, 6) is 0.877. The molecule has 5 nitrogen and oxygen atoms in total. The minimum atomic E-state index is -0.447. The zero-order valence-corrected chi connectivity index (χ0v) is 13.3. The molecule has 1 amide bonds. The second-order valence-electron chi connectivity index (χ2n) is 4.89. The Kier molecular flexibility index (Phi) is 5.52. The highest BCUT2D eigenvalue weighted by Crippen LogP contribution is 2.33. The number of rotatable bonds is 5. The Morgan fingerprint density at radius 1 is 1.52 bits per heavy atom. The first-order valence-electron chi connectivity index (χ1n) is 6.76. The zero-order valence-electron chi connectivity index (χ0n) is 12.4. The molecule has 0 saturated heterocycles. The van der Waals surface area contributed by atoms with Crippen LogP contribution < -0.4 is 10.6 Å². The van der Waals surface area contributed by atoms with E-state index in [1.54, 1.807) is 18.9 Å². The molecular formula is C15H22N2O3S. The Labute approximate surface area is 130 Å². The number of hydrogen-bond acceptors (Lipinski definition) is 5. The van der Waals surface area contributed by atoms with Crippen molar-refractivity contribution in [1.82, 2.24) is 5.32 Å². The summed E-state index contributed by atoms with van der Waals surface area (Å²) in [5.41, 5.74) is 2.85. The molecule has 1 aromatic carbocycles. The van der Waals surface area contributed by atoms with Crippen LogP contribution in [-0.4, -0.2) is 25.2 Å². The van der Waals surface area contributed by atoms with E-state index < -0.39 is 6.09 Å². The van der Waals surface area contributed by atoms with Crippen molar-refractivity contribution in [3.8, 4) is 0 Å². The van der Waals surface area contributed by atoms with Crippen LogP contribution in [0.15, 0.2) is 24.4 Å². The highest BCUT2D eigenvalue weighted by Gasteiger charge is 2.14. The van der Waals surface area contributed by atoms with Gasteiger partial charge in [-0.25, -0.2) is 4.79 Å². The first-order valence-corrected chi connectivity index (χ1v) is 7.75. The average molecular weight is 310 g/mol. The van der Waals surface area contributed by atoms with Crippen LogP contribution in [0, 0.1) is 0 Å². The third-order valence-corrected chi connectivity index (χ3v) is 3.76. The maximum absolute atomic E-state index is 11.6. The molecular weight excluding hydrogens is 288 g/mol. The van der Waals surface area contributed by atoms with Crippen molar-refractivity contribution in [3.05, 3.63) is 35.5 Å². The fraction of sp³-hybridized carbons (Fsp3) is 0.400. The van der Waals surface area contributed by atoms with Gasteiger partial charge in [-0.3, -0.25) is 5.32 Å². The van der Waals surface area contributed by atoms with Gasteiger partial charge in [-0.1, -0.05) is 6.07 Å². The Bertz CT molecular complexity index is 550. The second kappa shape index (κ2) is 7.38. The fourth-order valence-electron chi connectivity index (χ4n) is 2.00. The lowest BCUT2D eigenvalue weighted by molar-refractivity contribution is 0.130. The number of amides is 1. The number of thioether (sulfide) groups is 1. The number of nitrogens with one attached hydrogen (secondary N) is 2. The molecule has 0 aliphatic carbocycles. The van der Waals surface area contributed by atoms with E-state index in [2.05, 4.69) is 10.6 Å². The average Bonchev–Trinajstić information content (AvgIpc) is 2.92. The predicted molar refractivity (Wildman–Crippen MR) is 88.1 cm³/mol. The molecule has 0 spiro atoms. The number of carbonyl (C=O) groups is 1. The SMILES string of the molecule is COCc1cc(NC(=O)OC(C)C)ccc1C1=CNCS1.[HH]. The van der Waals surface area contributed by atoms with Gasteiger partial charge in [0.15, 0.2) is 0 Å². The maximum atomic E-state index is 11.6. The second-order valence-corrected chi connectivity index (χ2v) is 5.90. The Balaban J connectivity index is 0.00000242. The molecule has 0 atom stereocenters. The molecule has 0 bridgehead atoms. The van der Waals surface area contributed by atoms with Crippen LogP contribution in [0.2, 0.25) is 0 Å². The van der Waals surface area contributed by atoms with E-state index in [0.29, 0.717) is 12.3 Å². The largest absolute Gasteiger partial charge is 0.447 e. The topological polar surface area (TPSA) is 59.6 Å². The Hall–Kier alpha value is -1.66. The molecule has 0 radical (unpaired) electrons. The minimum Gasteiger partial charge on any atom is -0.447 e. The lowest BCUT2D eigenvalue weighted by Crippen LogP contribution is -2.18. The number of methoxy groups -OCH3 is 1. The third-order valence-electron chi connectivity index (χ3n) is 2.80. The van der Waals surface area contributed by atoms with E-state index in [9.17, 15) is 4.79 Å². The van der Waals surface area contributed by atoms with E-state index in [1.807, 2.05) is 38.2 Å². The molecule has 0 fully saturated rings. The molecule has 116 valence electrons. The van der Waals surface area contributed by atoms with Gasteiger partial charge in [0.05, 0.1) is 18.6 Å². The van der Waals surface area contributed by atoms with Gasteiger partial charge in [0.25, 0.3) is 0 Å². The molecule has 21 heavy (non-hydrogen) atoms. The van der Waals surface area contributed by atoms with Gasteiger partial charge in [-0.2, -0.15) is 0 Å². The smallest absolute Gasteiger partial charge is 0.411 e. The zero-order chi connectivity index (χ0) is 15.2. The van der Waals surface area contributed by atoms with E-state index in [1.165, 1.54) is 4.91 Å². The summed E-state index contributed by atoms with van der Waals surface area (Å²) in [6, 6.07) is 5.78. The Morgan fingerprint density at radius 2 is 2.33 bits per heavy atom. The quantitative estimate of drug-likeness (QED) is 0.869. The third kappa shape index (κ3) is 4.41. The molecule has 0 aromatic heterocycles. The lowest BCUT2D eigenvalue weighted by atomic mass is 10.1. The normalized spacial score (nSPS) is 13.8. The fourth-order valence-corrected chi connectivity index (χ4v) is 2.84. The van der Waals surface area contributed by atoms with Crippen molar-refractivity contribution in [2.24, 2.45) is 0 Å². The molecule has 1 heterocycles. The van der Waals surface area contributed by atoms with Gasteiger partial charge in [-0.05, 0) is 37.1 Å². The molecule has 1 aliphatic heterocycles. The molecule has 2 rings (SSSR count). The van der Waals surface area contributed by atoms with Gasteiger partial charge >= 0.3 is 6.09 Å². The van der Waals surface area contributed by atoms with Gasteiger partial charge in [-0.15, -0.1) is 11.8 Å². The standard InChI is InChI=1S/C15H20N2O3S.H2/c1-10(2)20-15(18)17-12-4-5-13(11(6-12)8-19-3)14-7-16-9-21-14;/h4-7,10,16H,8-9H2,1-3H3,(H,17,18);1H. The molecule has 1 aromatic rings. The Morgan fingerprint density at radius 3 is 2.95 bits per heavy atom. The van der Waals surface area contributed by atoms with Crippen molar-refractivity contribution in [2.45, 2.75) is 26.6 Å².